The maximum atomic E-state index is 6.50. The number of benzene rings is 9. The minimum atomic E-state index is 0.567. The number of fused-ring (bicyclic) bond motifs is 7. The molecule has 9 aromatic carbocycles. The Balaban J connectivity index is 1.14. The van der Waals surface area contributed by atoms with Gasteiger partial charge in [0.1, 0.15) is 11.2 Å². The standard InChI is InChI=1S/C58H43NOS/c1-2-17-38(18-3-1)42-26-14-19-39-20-15-27-47(57(39)42)43-22-5-10-30-51(43)59(50-29-9-4-21-41(50)40-35-36-46-45-24-7-12-32-53(45)60-54(46)37-40)52-31-11-6-23-44(52)48-28-16-34-56-58(48)49-25-8-13-33-55(49)61-56/h4-16,19-38H,1-3,17-18H2. The molecule has 292 valence electrons. The van der Waals surface area contributed by atoms with Crippen LogP contribution in [0.2, 0.25) is 0 Å². The zero-order chi connectivity index (χ0) is 40.3. The number of hydrogen-bond acceptors (Lipinski definition) is 3. The maximum Gasteiger partial charge on any atom is 0.136 e. The molecule has 3 heteroatoms. The molecular weight excluding hydrogens is 759 g/mol. The molecule has 0 atom stereocenters. The van der Waals surface area contributed by atoms with E-state index >= 15 is 0 Å². The van der Waals surface area contributed by atoms with Crippen LogP contribution in [0.3, 0.4) is 0 Å². The molecule has 0 unspecified atom stereocenters. The van der Waals surface area contributed by atoms with Crippen LogP contribution in [0.25, 0.3) is 86.3 Å². The number of hydrogen-bond donors (Lipinski definition) is 0. The van der Waals surface area contributed by atoms with Gasteiger partial charge in [0, 0.05) is 47.6 Å². The summed E-state index contributed by atoms with van der Waals surface area (Å²) in [4.78, 5) is 2.54. The predicted molar refractivity (Wildman–Crippen MR) is 261 cm³/mol. The minimum Gasteiger partial charge on any atom is -0.456 e. The highest BCUT2D eigenvalue weighted by atomic mass is 32.1. The average molecular weight is 802 g/mol. The molecule has 0 amide bonds. The van der Waals surface area contributed by atoms with Gasteiger partial charge in [-0.25, -0.2) is 0 Å². The molecule has 2 heterocycles. The van der Waals surface area contributed by atoms with E-state index in [-0.39, 0.29) is 0 Å². The molecule has 11 aromatic rings. The third-order valence-electron chi connectivity index (χ3n) is 13.1. The van der Waals surface area contributed by atoms with Crippen LogP contribution in [0, 0.1) is 0 Å². The molecule has 2 aromatic heterocycles. The van der Waals surface area contributed by atoms with Gasteiger partial charge < -0.3 is 9.32 Å². The summed E-state index contributed by atoms with van der Waals surface area (Å²) in [5.41, 5.74) is 13.8. The first kappa shape index (κ1) is 36.0. The third kappa shape index (κ3) is 6.06. The highest BCUT2D eigenvalue weighted by molar-refractivity contribution is 7.25. The van der Waals surface area contributed by atoms with Gasteiger partial charge in [-0.1, -0.05) is 165 Å². The number of thiophene rings is 1. The van der Waals surface area contributed by atoms with Gasteiger partial charge in [0.15, 0.2) is 0 Å². The van der Waals surface area contributed by atoms with E-state index in [1.807, 2.05) is 17.4 Å². The van der Waals surface area contributed by atoms with Crippen LogP contribution < -0.4 is 4.90 Å². The Kier molecular flexibility index (Phi) is 8.82. The summed E-state index contributed by atoms with van der Waals surface area (Å²) in [5.74, 6) is 0.567. The Morgan fingerprint density at radius 2 is 0.967 bits per heavy atom. The molecule has 0 spiro atoms. The van der Waals surface area contributed by atoms with E-state index in [1.165, 1.54) is 90.9 Å². The number of nitrogens with zero attached hydrogens (tertiary/aromatic N) is 1. The molecule has 0 bridgehead atoms. The van der Waals surface area contributed by atoms with Gasteiger partial charge in [-0.15, -0.1) is 11.3 Å². The lowest BCUT2D eigenvalue weighted by Gasteiger charge is -2.32. The van der Waals surface area contributed by atoms with Crippen molar-refractivity contribution in [2.24, 2.45) is 0 Å². The SMILES string of the molecule is c1ccc(N(c2ccccc2-c2cccc3cccc(C4CCCCC4)c23)c2ccccc2-c2cccc3sc4ccccc4c23)c(-c2ccc3c(c2)oc2ccccc23)c1. The van der Waals surface area contributed by atoms with Crippen molar-refractivity contribution in [1.82, 2.24) is 0 Å². The lowest BCUT2D eigenvalue weighted by Crippen LogP contribution is -2.14. The van der Waals surface area contributed by atoms with Gasteiger partial charge in [0.25, 0.3) is 0 Å². The number of anilines is 3. The molecule has 1 fully saturated rings. The van der Waals surface area contributed by atoms with E-state index in [0.29, 0.717) is 5.92 Å². The van der Waals surface area contributed by atoms with Gasteiger partial charge in [-0.05, 0) is 100 Å². The van der Waals surface area contributed by atoms with Gasteiger partial charge >= 0.3 is 0 Å². The van der Waals surface area contributed by atoms with Gasteiger partial charge in [0.05, 0.1) is 17.1 Å². The van der Waals surface area contributed by atoms with Crippen LogP contribution in [0.4, 0.5) is 17.1 Å². The molecule has 1 saturated carbocycles. The normalized spacial score (nSPS) is 13.5. The second-order valence-electron chi connectivity index (χ2n) is 16.6. The topological polar surface area (TPSA) is 16.4 Å². The van der Waals surface area contributed by atoms with Crippen LogP contribution >= 0.6 is 11.3 Å². The van der Waals surface area contributed by atoms with Crippen molar-refractivity contribution in [2.75, 3.05) is 4.90 Å². The Hall–Kier alpha value is -6.94. The lowest BCUT2D eigenvalue weighted by molar-refractivity contribution is 0.445. The first-order valence-electron chi connectivity index (χ1n) is 21.7. The summed E-state index contributed by atoms with van der Waals surface area (Å²) in [6.45, 7) is 0. The van der Waals surface area contributed by atoms with Crippen molar-refractivity contribution in [3.05, 3.63) is 200 Å². The summed E-state index contributed by atoms with van der Waals surface area (Å²) in [7, 11) is 0. The van der Waals surface area contributed by atoms with Crippen molar-refractivity contribution >= 4 is 81.3 Å². The quantitative estimate of drug-likeness (QED) is 0.160. The molecule has 0 aliphatic heterocycles. The summed E-state index contributed by atoms with van der Waals surface area (Å²) in [6, 6.07) is 71.6. The van der Waals surface area contributed by atoms with Crippen molar-refractivity contribution in [3.8, 4) is 33.4 Å². The fourth-order valence-electron chi connectivity index (χ4n) is 10.3. The second kappa shape index (κ2) is 15.0. The van der Waals surface area contributed by atoms with Crippen molar-refractivity contribution < 1.29 is 4.42 Å². The van der Waals surface area contributed by atoms with Crippen LogP contribution in [0.15, 0.2) is 199 Å². The molecule has 1 aliphatic carbocycles. The summed E-state index contributed by atoms with van der Waals surface area (Å²) in [6.07, 6.45) is 6.43. The number of furan rings is 1. The van der Waals surface area contributed by atoms with E-state index in [0.717, 1.165) is 50.1 Å². The maximum absolute atomic E-state index is 6.50. The van der Waals surface area contributed by atoms with Crippen molar-refractivity contribution in [1.29, 1.82) is 0 Å². The molecule has 12 rings (SSSR count). The van der Waals surface area contributed by atoms with E-state index in [1.54, 1.807) is 0 Å². The summed E-state index contributed by atoms with van der Waals surface area (Å²) in [5, 5.41) is 7.56. The Morgan fingerprint density at radius 3 is 1.74 bits per heavy atom. The van der Waals surface area contributed by atoms with Crippen LogP contribution in [0.1, 0.15) is 43.6 Å². The zero-order valence-electron chi connectivity index (χ0n) is 33.9. The minimum absolute atomic E-state index is 0.567. The van der Waals surface area contributed by atoms with Crippen LogP contribution in [-0.2, 0) is 0 Å². The fourth-order valence-corrected chi connectivity index (χ4v) is 11.5. The van der Waals surface area contributed by atoms with Gasteiger partial charge in [-0.2, -0.15) is 0 Å². The van der Waals surface area contributed by atoms with Crippen molar-refractivity contribution in [2.45, 2.75) is 38.0 Å². The van der Waals surface area contributed by atoms with Crippen molar-refractivity contribution in [3.63, 3.8) is 0 Å². The monoisotopic (exact) mass is 801 g/mol. The largest absolute Gasteiger partial charge is 0.456 e. The molecule has 0 radical (unpaired) electrons. The third-order valence-corrected chi connectivity index (χ3v) is 14.2. The van der Waals surface area contributed by atoms with E-state index in [4.69, 9.17) is 4.42 Å². The lowest BCUT2D eigenvalue weighted by atomic mass is 9.80. The number of para-hydroxylation sites is 4. The molecule has 61 heavy (non-hydrogen) atoms. The fraction of sp³-hybridized carbons (Fsp3) is 0.103. The highest BCUT2D eigenvalue weighted by Crippen LogP contribution is 2.51. The molecule has 0 saturated heterocycles. The van der Waals surface area contributed by atoms with Gasteiger partial charge in [-0.3, -0.25) is 0 Å². The van der Waals surface area contributed by atoms with Crippen LogP contribution in [-0.4, -0.2) is 0 Å². The molecule has 1 aliphatic rings. The summed E-state index contributed by atoms with van der Waals surface area (Å²) < 4.78 is 9.10. The predicted octanol–water partition coefficient (Wildman–Crippen LogP) is 17.6. The van der Waals surface area contributed by atoms with Crippen LogP contribution in [0.5, 0.6) is 0 Å². The zero-order valence-corrected chi connectivity index (χ0v) is 34.7. The van der Waals surface area contributed by atoms with E-state index in [9.17, 15) is 0 Å². The average Bonchev–Trinajstić information content (AvgIpc) is 3.90. The Morgan fingerprint density at radius 1 is 0.410 bits per heavy atom. The molecule has 2 nitrogen and oxygen atoms in total. The first-order valence-corrected chi connectivity index (χ1v) is 22.5. The Labute approximate surface area is 360 Å². The summed E-state index contributed by atoms with van der Waals surface area (Å²) >= 11 is 1.87. The molecular formula is C58H43NOS. The number of rotatable bonds is 7. The Bertz CT molecular complexity index is 3430. The smallest absolute Gasteiger partial charge is 0.136 e. The molecule has 0 N–H and O–H groups in total. The van der Waals surface area contributed by atoms with E-state index in [2.05, 4.69) is 193 Å². The van der Waals surface area contributed by atoms with Gasteiger partial charge in [0.2, 0.25) is 0 Å². The second-order valence-corrected chi connectivity index (χ2v) is 17.6. The first-order chi connectivity index (χ1) is 30.3. The van der Waals surface area contributed by atoms with E-state index < -0.39 is 0 Å². The highest BCUT2D eigenvalue weighted by Gasteiger charge is 2.26.